The van der Waals surface area contributed by atoms with Crippen LogP contribution in [-0.4, -0.2) is 178 Å². The Morgan fingerprint density at radius 2 is 0.672 bits per heavy atom. The Hall–Kier alpha value is -11.2. The van der Waals surface area contributed by atoms with Gasteiger partial charge in [-0.15, -0.1) is 45.3 Å². The molecule has 4 saturated carbocycles. The van der Waals surface area contributed by atoms with Crippen LogP contribution in [0.25, 0.3) is 42.5 Å². The van der Waals surface area contributed by atoms with Crippen molar-refractivity contribution in [1.29, 1.82) is 0 Å². The average molecular weight is 1620 g/mol. The number of carbonyl (C=O) groups is 4. The van der Waals surface area contributed by atoms with Gasteiger partial charge in [0.05, 0.1) is 35.3 Å². The lowest BCUT2D eigenvalue weighted by Gasteiger charge is -2.34. The third kappa shape index (κ3) is 16.7. The molecule has 8 bridgehead atoms. The summed E-state index contributed by atoms with van der Waals surface area (Å²) < 4.78 is 0. The van der Waals surface area contributed by atoms with Gasteiger partial charge in [0.25, 0.3) is 23.6 Å². The number of anilines is 4. The first-order valence-corrected chi connectivity index (χ1v) is 43.3. The lowest BCUT2D eigenvalue weighted by atomic mass is 10.0. The van der Waals surface area contributed by atoms with Crippen molar-refractivity contribution >= 4 is 92.2 Å². The van der Waals surface area contributed by atoms with Gasteiger partial charge in [-0.05, 0) is 224 Å². The van der Waals surface area contributed by atoms with Crippen molar-refractivity contribution in [3.05, 3.63) is 236 Å². The number of nitrogens with zero attached hydrogens (tertiary/aromatic N) is 16. The summed E-state index contributed by atoms with van der Waals surface area (Å²) in [6.45, 7) is 19.2. The number of aryl methyl sites for hydroxylation is 8. The van der Waals surface area contributed by atoms with Gasteiger partial charge >= 0.3 is 0 Å². The van der Waals surface area contributed by atoms with Crippen LogP contribution in [0.2, 0.25) is 0 Å². The highest BCUT2D eigenvalue weighted by molar-refractivity contribution is 7.14. The number of hydrogen-bond acceptors (Lipinski definition) is 24. The number of thiazole rings is 4. The molecule has 12 aromatic heterocycles. The Balaban J connectivity index is 0.000000111. The largest absolute Gasteiger partial charge is 0.365 e. The van der Waals surface area contributed by atoms with Crippen LogP contribution < -0.4 is 21.3 Å². The minimum Gasteiger partial charge on any atom is -0.365 e. The molecule has 8 fully saturated rings. The van der Waals surface area contributed by atoms with Gasteiger partial charge in [0.15, 0.2) is 0 Å². The van der Waals surface area contributed by atoms with Gasteiger partial charge in [-0.3, -0.25) is 29.1 Å². The molecule has 4 saturated heterocycles. The first-order valence-electron chi connectivity index (χ1n) is 39.8. The van der Waals surface area contributed by atoms with Crippen molar-refractivity contribution in [2.75, 3.05) is 47.4 Å². The Labute approximate surface area is 690 Å². The normalized spacial score (nSPS) is 22.8. The van der Waals surface area contributed by atoms with Gasteiger partial charge in [-0.1, -0.05) is 24.3 Å². The van der Waals surface area contributed by atoms with Crippen LogP contribution in [0.1, 0.15) is 138 Å². The molecule has 0 aromatic carbocycles. The molecule has 4 N–H and O–H groups in total. The standard InChI is InChI=1S/4C22H23N5OS/c1-13-3-6-19(24-11-13)26-17-9-15-10-18(17)27(12-15)22(28)16-5-4-14(2)25-20(16)21-23-7-8-29-21;1-13-3-6-19(24-11-13)26-17-9-15-10-18(17)27(12-15)22(28)20-16(5-4-14(2)25-20)21-23-7-8-29-21;1-13-3-4-19(24-10-13)26-17-8-15-9-18(17)27(12-15)22(28)16-7-14(2)11-25-20(16)21-23-5-6-29-21;1-13-3-4-19(24-10-13)26-17-8-15-9-18(17)27(12-15)22(28)20-16(7-14(2)11-25-20)21-23-5-6-29-21/h2*3-8,11,15,17-18H,9-10,12H2,1-2H3,(H,24,26);2*3-7,10-11,15,17-18H,8-9,12H2,1-2H3,(H,24,26). The van der Waals surface area contributed by atoms with E-state index in [1.165, 1.54) is 45.3 Å². The maximum Gasteiger partial charge on any atom is 0.273 e. The zero-order valence-electron chi connectivity index (χ0n) is 66.0. The average Bonchev–Trinajstić information content (AvgIpc) is 1.63. The van der Waals surface area contributed by atoms with Gasteiger partial charge in [0.1, 0.15) is 66.1 Å². The number of pyridine rings is 8. The topological polar surface area (TPSA) is 284 Å². The molecule has 24 nitrogen and oxygen atoms in total. The highest BCUT2D eigenvalue weighted by Gasteiger charge is 2.52. The SMILES string of the molecule is Cc1ccc(NC2CC3CC2N(C(=O)c2cc(C)cnc2-c2nccs2)C3)nc1.Cc1ccc(NC2CC3CC2N(C(=O)c2ccc(C)nc2-c2nccs2)C3)nc1.Cc1ccc(NC2CC3CC2N(C(=O)c2nc(C)ccc2-c2nccs2)C3)nc1.Cc1ccc(NC2CC3CC2N(C(=O)c2ncc(C)cc2-c2nccs2)C3)nc1. The smallest absolute Gasteiger partial charge is 0.273 e. The zero-order valence-corrected chi connectivity index (χ0v) is 69.3. The summed E-state index contributed by atoms with van der Waals surface area (Å²) in [6, 6.07) is 29.6. The first-order chi connectivity index (χ1) is 56.3. The maximum absolute atomic E-state index is 13.6. The summed E-state index contributed by atoms with van der Waals surface area (Å²) in [6.07, 6.45) is 26.6. The first kappa shape index (κ1) is 77.4. The molecule has 28 heteroatoms. The molecule has 4 aliphatic heterocycles. The van der Waals surface area contributed by atoms with Gasteiger partial charge in [0.2, 0.25) is 0 Å². The minimum atomic E-state index is 0.00562. The molecule has 12 atom stereocenters. The Kier molecular flexibility index (Phi) is 22.4. The third-order valence-electron chi connectivity index (χ3n) is 23.5. The molecule has 0 spiro atoms. The molecule has 12 aromatic rings. The number of fused-ring (bicyclic) bond motifs is 8. The number of amides is 4. The van der Waals surface area contributed by atoms with E-state index in [2.05, 4.69) is 105 Å². The number of piperidine rings is 4. The van der Waals surface area contributed by atoms with Crippen molar-refractivity contribution in [2.24, 2.45) is 23.7 Å². The number of hydrogen-bond donors (Lipinski definition) is 4. The van der Waals surface area contributed by atoms with Crippen molar-refractivity contribution < 1.29 is 19.2 Å². The van der Waals surface area contributed by atoms with Crippen molar-refractivity contribution in [3.8, 4) is 42.5 Å². The van der Waals surface area contributed by atoms with Crippen molar-refractivity contribution in [1.82, 2.24) is 79.4 Å². The van der Waals surface area contributed by atoms with E-state index < -0.39 is 0 Å². The second kappa shape index (κ2) is 33.6. The van der Waals surface area contributed by atoms with Crippen LogP contribution in [0.3, 0.4) is 0 Å². The molecule has 20 rings (SSSR count). The Morgan fingerprint density at radius 1 is 0.319 bits per heavy atom. The summed E-state index contributed by atoms with van der Waals surface area (Å²) in [5, 5.41) is 25.2. The van der Waals surface area contributed by atoms with E-state index in [9.17, 15) is 19.2 Å². The number of nitrogens with one attached hydrogen (secondary N) is 4. The summed E-state index contributed by atoms with van der Waals surface area (Å²) in [5.74, 6) is 5.75. The number of likely N-dealkylation sites (tertiary alicyclic amines) is 4. The van der Waals surface area contributed by atoms with E-state index in [0.29, 0.717) is 57.6 Å². The maximum atomic E-state index is 13.6. The van der Waals surface area contributed by atoms with E-state index in [1.54, 1.807) is 37.2 Å². The predicted octanol–water partition coefficient (Wildman–Crippen LogP) is 15.7. The van der Waals surface area contributed by atoms with E-state index in [4.69, 9.17) is 0 Å². The Bertz CT molecular complexity index is 5150. The predicted molar refractivity (Wildman–Crippen MR) is 456 cm³/mol. The third-order valence-corrected chi connectivity index (χ3v) is 26.7. The van der Waals surface area contributed by atoms with Crippen LogP contribution in [0.5, 0.6) is 0 Å². The van der Waals surface area contributed by atoms with Gasteiger partial charge in [0, 0.05) is 156 Å². The molecule has 4 aliphatic carbocycles. The molecular formula is C88H92N20O4S4. The zero-order chi connectivity index (χ0) is 79.8. The fourth-order valence-corrected chi connectivity index (χ4v) is 20.8. The number of aromatic nitrogens is 12. The molecule has 4 amide bonds. The summed E-state index contributed by atoms with van der Waals surface area (Å²) in [7, 11) is 0. The fraction of sp³-hybridized carbons (Fsp3) is 0.364. The monoisotopic (exact) mass is 1620 g/mol. The van der Waals surface area contributed by atoms with Gasteiger partial charge in [-0.2, -0.15) is 0 Å². The molecule has 592 valence electrons. The van der Waals surface area contributed by atoms with Gasteiger partial charge in [-0.25, -0.2) is 49.8 Å². The quantitative estimate of drug-likeness (QED) is 0.0699. The van der Waals surface area contributed by atoms with E-state index in [0.717, 1.165) is 177 Å². The minimum absolute atomic E-state index is 0.00562. The summed E-state index contributed by atoms with van der Waals surface area (Å²) in [4.78, 5) is 116. The molecular weight excluding hydrogens is 1530 g/mol. The Morgan fingerprint density at radius 3 is 1.08 bits per heavy atom. The van der Waals surface area contributed by atoms with Crippen LogP contribution in [0, 0.1) is 79.1 Å². The van der Waals surface area contributed by atoms with E-state index in [-0.39, 0.29) is 72.0 Å². The number of rotatable bonds is 16. The fourth-order valence-electron chi connectivity index (χ4n) is 18.2. The highest BCUT2D eigenvalue weighted by Crippen LogP contribution is 2.46. The second-order valence-electron chi connectivity index (χ2n) is 32.2. The van der Waals surface area contributed by atoms with Crippen LogP contribution in [0.15, 0.2) is 168 Å². The highest BCUT2D eigenvalue weighted by atomic mass is 32.1. The van der Waals surface area contributed by atoms with Crippen LogP contribution in [-0.2, 0) is 0 Å². The molecule has 0 radical (unpaired) electrons. The van der Waals surface area contributed by atoms with Gasteiger partial charge < -0.3 is 40.9 Å². The summed E-state index contributed by atoms with van der Waals surface area (Å²) in [5.41, 5.74) is 13.6. The number of carbonyl (C=O) groups excluding carboxylic acids is 4. The second-order valence-corrected chi connectivity index (χ2v) is 35.8. The van der Waals surface area contributed by atoms with Crippen LogP contribution in [0.4, 0.5) is 23.3 Å². The molecule has 12 unspecified atom stereocenters. The molecule has 16 heterocycles. The van der Waals surface area contributed by atoms with E-state index >= 15 is 0 Å². The van der Waals surface area contributed by atoms with Crippen LogP contribution >= 0.6 is 45.3 Å². The molecule has 116 heavy (non-hydrogen) atoms. The lowest BCUT2D eigenvalue weighted by molar-refractivity contribution is 0.0680. The lowest BCUT2D eigenvalue weighted by Crippen LogP contribution is -2.48. The van der Waals surface area contributed by atoms with Crippen molar-refractivity contribution in [2.45, 2.75) is 155 Å². The van der Waals surface area contributed by atoms with Crippen molar-refractivity contribution in [3.63, 3.8) is 0 Å². The van der Waals surface area contributed by atoms with E-state index in [1.807, 2.05) is 182 Å². The molecule has 8 aliphatic rings. The summed E-state index contributed by atoms with van der Waals surface area (Å²) >= 11 is 6.09.